The highest BCUT2D eigenvalue weighted by molar-refractivity contribution is 7.85. The number of carbonyl (C=O) groups is 2. The largest absolute Gasteiger partial charge is 0.462 e. The summed E-state index contributed by atoms with van der Waals surface area (Å²) in [7, 11) is -4.61. The molecule has 1 aliphatic rings. The van der Waals surface area contributed by atoms with Crippen LogP contribution < -0.4 is 0 Å². The lowest BCUT2D eigenvalue weighted by molar-refractivity contribution is -0.297. The van der Waals surface area contributed by atoms with Crippen LogP contribution in [0, 0.1) is 0 Å². The summed E-state index contributed by atoms with van der Waals surface area (Å²) in [5.74, 6) is -2.07. The molecule has 6 atom stereocenters. The Morgan fingerprint density at radius 3 is 1.53 bits per heavy atom. The number of hydrogen-bond donors (Lipinski definition) is 4. The van der Waals surface area contributed by atoms with Gasteiger partial charge in [-0.3, -0.25) is 14.1 Å². The van der Waals surface area contributed by atoms with E-state index in [9.17, 15) is 37.9 Å². The fourth-order valence-corrected chi connectivity index (χ4v) is 7.69. The monoisotopic (exact) mass is 923 g/mol. The molecule has 4 N–H and O–H groups in total. The summed E-state index contributed by atoms with van der Waals surface area (Å²) < 4.78 is 54.1. The van der Waals surface area contributed by atoms with E-state index in [4.69, 9.17) is 18.9 Å². The van der Waals surface area contributed by atoms with Crippen molar-refractivity contribution in [3.8, 4) is 0 Å². The summed E-state index contributed by atoms with van der Waals surface area (Å²) in [4.78, 5) is 25.5. The van der Waals surface area contributed by atoms with E-state index in [1.807, 2.05) is 12.2 Å². The Balaban J connectivity index is 2.45. The molecule has 0 saturated carbocycles. The van der Waals surface area contributed by atoms with Crippen molar-refractivity contribution in [2.75, 3.05) is 19.0 Å². The maximum Gasteiger partial charge on any atom is 0.306 e. The van der Waals surface area contributed by atoms with E-state index in [1.54, 1.807) is 0 Å². The van der Waals surface area contributed by atoms with E-state index < -0.39 is 71.2 Å². The second kappa shape index (κ2) is 40.4. The van der Waals surface area contributed by atoms with Crippen LogP contribution in [0.15, 0.2) is 72.9 Å². The molecule has 0 radical (unpaired) electrons. The van der Waals surface area contributed by atoms with E-state index in [0.717, 1.165) is 64.2 Å². The number of esters is 2. The normalized spacial score (nSPS) is 20.2. The van der Waals surface area contributed by atoms with Crippen molar-refractivity contribution >= 4 is 22.1 Å². The molecule has 0 aliphatic carbocycles. The summed E-state index contributed by atoms with van der Waals surface area (Å²) in [6, 6.07) is 0. The highest BCUT2D eigenvalue weighted by atomic mass is 32.2. The predicted octanol–water partition coefficient (Wildman–Crippen LogP) is 10.7. The first-order valence-corrected chi connectivity index (χ1v) is 26.1. The number of allylic oxidation sites excluding steroid dienone is 12. The van der Waals surface area contributed by atoms with Crippen LogP contribution in [0.2, 0.25) is 0 Å². The average Bonchev–Trinajstić information content (AvgIpc) is 3.26. The molecule has 0 aromatic rings. The molecule has 1 heterocycles. The molecule has 12 nitrogen and oxygen atoms in total. The minimum Gasteiger partial charge on any atom is -0.462 e. The van der Waals surface area contributed by atoms with Crippen molar-refractivity contribution in [2.24, 2.45) is 0 Å². The number of aliphatic hydroxyl groups excluding tert-OH is 3. The maximum atomic E-state index is 12.9. The molecule has 2 unspecified atom stereocenters. The van der Waals surface area contributed by atoms with E-state index in [0.29, 0.717) is 19.3 Å². The van der Waals surface area contributed by atoms with Gasteiger partial charge >= 0.3 is 11.9 Å². The van der Waals surface area contributed by atoms with E-state index in [1.165, 1.54) is 70.6 Å². The van der Waals surface area contributed by atoms with Gasteiger partial charge in [0.15, 0.2) is 12.4 Å². The topological polar surface area (TPSA) is 186 Å². The highest BCUT2D eigenvalue weighted by Crippen LogP contribution is 2.24. The Bertz CT molecular complexity index is 1450. The predicted molar refractivity (Wildman–Crippen MR) is 256 cm³/mol. The van der Waals surface area contributed by atoms with E-state index >= 15 is 0 Å². The van der Waals surface area contributed by atoms with Crippen molar-refractivity contribution in [3.63, 3.8) is 0 Å². The van der Waals surface area contributed by atoms with Gasteiger partial charge in [-0.2, -0.15) is 8.42 Å². The lowest BCUT2D eigenvalue weighted by atomic mass is 10.00. The van der Waals surface area contributed by atoms with Gasteiger partial charge in [0.25, 0.3) is 10.1 Å². The number of carbonyl (C=O) groups excluding carboxylic acids is 2. The summed E-state index contributed by atoms with van der Waals surface area (Å²) in [6.45, 7) is 3.60. The van der Waals surface area contributed by atoms with Gasteiger partial charge in [-0.15, -0.1) is 0 Å². The SMILES string of the molecule is CC/C=C/C/C=C/C/C=C/C/C=C/C/C=C/CCCC(=O)OC[C@H](CO[C@H]1O[C@H](CS(=O)(=O)O)[C@@H](O)C(O)C1O)OC(=O)CCCCCCCCCCC/C=C/CCCCCCCC. The number of rotatable bonds is 40. The number of aliphatic hydroxyl groups is 3. The molecule has 1 aliphatic heterocycles. The van der Waals surface area contributed by atoms with Gasteiger partial charge in [0.2, 0.25) is 0 Å². The van der Waals surface area contributed by atoms with Crippen LogP contribution >= 0.6 is 0 Å². The average molecular weight is 923 g/mol. The summed E-state index contributed by atoms with van der Waals surface area (Å²) >= 11 is 0. The molecule has 13 heteroatoms. The first-order valence-electron chi connectivity index (χ1n) is 24.5. The van der Waals surface area contributed by atoms with Crippen molar-refractivity contribution in [2.45, 2.75) is 218 Å². The first kappa shape index (κ1) is 59.1. The Hall–Kier alpha value is -2.91. The summed E-state index contributed by atoms with van der Waals surface area (Å²) in [5, 5.41) is 30.9. The number of unbranched alkanes of at least 4 members (excludes halogenated alkanes) is 16. The molecule has 0 bridgehead atoms. The summed E-state index contributed by atoms with van der Waals surface area (Å²) in [5.41, 5.74) is 0. The van der Waals surface area contributed by atoms with Crippen LogP contribution in [-0.2, 0) is 38.7 Å². The van der Waals surface area contributed by atoms with Gasteiger partial charge in [-0.25, -0.2) is 0 Å². The molecule has 368 valence electrons. The third kappa shape index (κ3) is 34.4. The molecule has 64 heavy (non-hydrogen) atoms. The van der Waals surface area contributed by atoms with Crippen LogP contribution in [0.4, 0.5) is 0 Å². The molecule has 0 aromatic carbocycles. The molecular weight excluding hydrogens is 837 g/mol. The van der Waals surface area contributed by atoms with Gasteiger partial charge in [-0.05, 0) is 77.0 Å². The Morgan fingerprint density at radius 2 is 1.00 bits per heavy atom. The maximum absolute atomic E-state index is 12.9. The Kier molecular flexibility index (Phi) is 37.3. The minimum atomic E-state index is -4.61. The highest BCUT2D eigenvalue weighted by Gasteiger charge is 2.46. The van der Waals surface area contributed by atoms with Gasteiger partial charge in [0.1, 0.15) is 36.8 Å². The second-order valence-corrected chi connectivity index (χ2v) is 18.2. The Labute approximate surface area is 387 Å². The standard InChI is InChI=1S/C51H86O12S/c1-3-5-7-9-11-13-15-17-19-21-22-24-26-28-30-32-34-36-38-40-47(53)62-44(42-61-51-50(56)49(55)48(54)45(63-51)43-64(57,58)59)41-60-46(52)39-37-35-33-31-29-27-25-23-20-18-16-14-12-10-8-6-4-2/h6,8,12,14,17-20,25,27,31,33,44-45,48-51,54-56H,3-5,7,9-11,13,15-16,21-24,26,28-30,32,34-43H2,1-2H3,(H,57,58,59)/b8-6+,14-12+,19-17+,20-18+,27-25+,33-31+/t44-,45-,48-,49?,50?,51+/m1/s1. The van der Waals surface area contributed by atoms with Crippen molar-refractivity contribution in [3.05, 3.63) is 72.9 Å². The number of hydrogen-bond acceptors (Lipinski definition) is 11. The smallest absolute Gasteiger partial charge is 0.306 e. The van der Waals surface area contributed by atoms with Crippen LogP contribution in [0.5, 0.6) is 0 Å². The summed E-state index contributed by atoms with van der Waals surface area (Å²) in [6.07, 6.45) is 42.3. The molecular formula is C51H86O12S. The number of ether oxygens (including phenoxy) is 4. The third-order valence-electron chi connectivity index (χ3n) is 10.8. The minimum absolute atomic E-state index is 0.137. The van der Waals surface area contributed by atoms with Crippen LogP contribution in [0.25, 0.3) is 0 Å². The van der Waals surface area contributed by atoms with Gasteiger partial charge in [0.05, 0.1) is 6.61 Å². The van der Waals surface area contributed by atoms with Crippen LogP contribution in [0.3, 0.4) is 0 Å². The van der Waals surface area contributed by atoms with Gasteiger partial charge in [-0.1, -0.05) is 164 Å². The van der Waals surface area contributed by atoms with Gasteiger partial charge in [0, 0.05) is 12.8 Å². The fraction of sp³-hybridized carbons (Fsp3) is 0.725. The zero-order chi connectivity index (χ0) is 46.9. The molecule has 0 amide bonds. The zero-order valence-electron chi connectivity index (χ0n) is 39.4. The lowest BCUT2D eigenvalue weighted by Gasteiger charge is -2.40. The molecule has 0 aromatic heterocycles. The third-order valence-corrected chi connectivity index (χ3v) is 11.5. The molecule has 1 rings (SSSR count). The van der Waals surface area contributed by atoms with Crippen molar-refractivity contribution in [1.82, 2.24) is 0 Å². The van der Waals surface area contributed by atoms with E-state index in [-0.39, 0.29) is 19.4 Å². The quantitative estimate of drug-likeness (QED) is 0.0198. The Morgan fingerprint density at radius 1 is 0.547 bits per heavy atom. The van der Waals surface area contributed by atoms with Gasteiger partial charge < -0.3 is 34.3 Å². The zero-order valence-corrected chi connectivity index (χ0v) is 40.2. The van der Waals surface area contributed by atoms with Crippen molar-refractivity contribution < 1.29 is 56.8 Å². The second-order valence-electron chi connectivity index (χ2n) is 16.7. The molecule has 1 fully saturated rings. The molecule has 0 spiro atoms. The fourth-order valence-electron chi connectivity index (χ4n) is 7.00. The van der Waals surface area contributed by atoms with Crippen LogP contribution in [0.1, 0.15) is 181 Å². The first-order chi connectivity index (χ1) is 31.0. The van der Waals surface area contributed by atoms with E-state index in [2.05, 4.69) is 74.6 Å². The van der Waals surface area contributed by atoms with Crippen molar-refractivity contribution in [1.29, 1.82) is 0 Å². The lowest BCUT2D eigenvalue weighted by Crippen LogP contribution is -2.60. The molecule has 1 saturated heterocycles. The van der Waals surface area contributed by atoms with Crippen LogP contribution in [-0.4, -0.2) is 96.0 Å².